The zero-order valence-electron chi connectivity index (χ0n) is 20.1. The van der Waals surface area contributed by atoms with Crippen LogP contribution in [-0.2, 0) is 21.2 Å². The van der Waals surface area contributed by atoms with Crippen molar-refractivity contribution in [3.8, 4) is 22.8 Å². The Labute approximate surface area is 219 Å². The third-order valence-corrected chi connectivity index (χ3v) is 7.14. The lowest BCUT2D eigenvalue weighted by Gasteiger charge is -2.11. The lowest BCUT2D eigenvalue weighted by molar-refractivity contribution is -0.118. The molecule has 0 saturated heterocycles. The fourth-order valence-electron chi connectivity index (χ4n) is 3.51. The Kier molecular flexibility index (Phi) is 8.54. The van der Waals surface area contributed by atoms with Crippen LogP contribution >= 0.6 is 11.8 Å². The van der Waals surface area contributed by atoms with Crippen molar-refractivity contribution in [2.24, 2.45) is 5.14 Å². The van der Waals surface area contributed by atoms with Gasteiger partial charge in [0.1, 0.15) is 5.75 Å². The lowest BCUT2D eigenvalue weighted by Crippen LogP contribution is -2.27. The van der Waals surface area contributed by atoms with E-state index in [1.807, 2.05) is 47.9 Å². The lowest BCUT2D eigenvalue weighted by atomic mass is 10.1. The fraction of sp³-hybridized carbons (Fsp3) is 0.200. The van der Waals surface area contributed by atoms with E-state index in [-0.39, 0.29) is 16.6 Å². The SMILES string of the molecule is CCOc1ccc(-n2c(SCC(=O)NCCc3ccc(S(N)(=O)=O)cc3)nnc2-c2cccnc2)cc1. The molecular weight excluding hydrogens is 512 g/mol. The number of carbonyl (C=O) groups excluding carboxylic acids is 1. The van der Waals surface area contributed by atoms with Crippen LogP contribution < -0.4 is 15.2 Å². The number of primary sulfonamides is 1. The van der Waals surface area contributed by atoms with Crippen LogP contribution in [0.25, 0.3) is 17.1 Å². The molecule has 2 aromatic carbocycles. The van der Waals surface area contributed by atoms with E-state index in [9.17, 15) is 13.2 Å². The average Bonchev–Trinajstić information content (AvgIpc) is 3.32. The van der Waals surface area contributed by atoms with E-state index in [2.05, 4.69) is 20.5 Å². The van der Waals surface area contributed by atoms with Crippen molar-refractivity contribution in [1.29, 1.82) is 0 Å². The second kappa shape index (κ2) is 12.0. The molecule has 0 aliphatic carbocycles. The fourth-order valence-corrected chi connectivity index (χ4v) is 4.81. The summed E-state index contributed by atoms with van der Waals surface area (Å²) in [6.45, 7) is 2.91. The van der Waals surface area contributed by atoms with Gasteiger partial charge in [0.05, 0.1) is 17.3 Å². The zero-order valence-corrected chi connectivity index (χ0v) is 21.7. The first-order valence-corrected chi connectivity index (χ1v) is 14.0. The summed E-state index contributed by atoms with van der Waals surface area (Å²) in [6.07, 6.45) is 3.95. The summed E-state index contributed by atoms with van der Waals surface area (Å²) in [4.78, 5) is 16.8. The molecule has 2 heterocycles. The van der Waals surface area contributed by atoms with E-state index in [0.29, 0.717) is 30.6 Å². The summed E-state index contributed by atoms with van der Waals surface area (Å²) in [7, 11) is -3.73. The summed E-state index contributed by atoms with van der Waals surface area (Å²) < 4.78 is 30.2. The number of rotatable bonds is 11. The molecule has 0 radical (unpaired) electrons. The molecule has 0 aliphatic rings. The van der Waals surface area contributed by atoms with Gasteiger partial charge in [-0.05, 0) is 67.4 Å². The number of nitrogens with two attached hydrogens (primary N) is 1. The topological polar surface area (TPSA) is 142 Å². The molecule has 10 nitrogen and oxygen atoms in total. The second-order valence-corrected chi connectivity index (χ2v) is 10.4. The Bertz CT molecular complexity index is 1440. The van der Waals surface area contributed by atoms with Gasteiger partial charge in [-0.1, -0.05) is 23.9 Å². The Morgan fingerprint density at radius 2 is 1.84 bits per heavy atom. The summed E-state index contributed by atoms with van der Waals surface area (Å²) in [5, 5.41) is 17.3. The van der Waals surface area contributed by atoms with Gasteiger partial charge in [-0.2, -0.15) is 0 Å². The third kappa shape index (κ3) is 6.94. The summed E-state index contributed by atoms with van der Waals surface area (Å²) >= 11 is 1.28. The molecule has 3 N–H and O–H groups in total. The minimum atomic E-state index is -3.73. The highest BCUT2D eigenvalue weighted by atomic mass is 32.2. The van der Waals surface area contributed by atoms with Crippen molar-refractivity contribution in [1.82, 2.24) is 25.1 Å². The maximum absolute atomic E-state index is 12.5. The zero-order chi connectivity index (χ0) is 26.3. The number of sulfonamides is 1. The minimum Gasteiger partial charge on any atom is -0.494 e. The molecule has 0 unspecified atom stereocenters. The Morgan fingerprint density at radius 1 is 1.08 bits per heavy atom. The summed E-state index contributed by atoms with van der Waals surface area (Å²) in [5.74, 6) is 1.36. The molecule has 0 aliphatic heterocycles. The first-order valence-electron chi connectivity index (χ1n) is 11.5. The van der Waals surface area contributed by atoms with Gasteiger partial charge in [0.2, 0.25) is 15.9 Å². The number of ether oxygens (including phenoxy) is 1. The highest BCUT2D eigenvalue weighted by Gasteiger charge is 2.17. The molecule has 0 saturated carbocycles. The first kappa shape index (κ1) is 26.3. The number of nitrogens with one attached hydrogen (secondary N) is 1. The molecular formula is C25H26N6O4S2. The van der Waals surface area contributed by atoms with E-state index in [1.54, 1.807) is 24.5 Å². The van der Waals surface area contributed by atoms with E-state index in [4.69, 9.17) is 9.88 Å². The number of nitrogens with zero attached hydrogens (tertiary/aromatic N) is 4. The van der Waals surface area contributed by atoms with Gasteiger partial charge in [0, 0.05) is 30.2 Å². The average molecular weight is 539 g/mol. The van der Waals surface area contributed by atoms with Gasteiger partial charge in [0.15, 0.2) is 11.0 Å². The number of pyridine rings is 1. The van der Waals surface area contributed by atoms with Gasteiger partial charge < -0.3 is 10.1 Å². The molecule has 0 bridgehead atoms. The number of carbonyl (C=O) groups is 1. The molecule has 4 rings (SSSR count). The van der Waals surface area contributed by atoms with Crippen LogP contribution in [0.4, 0.5) is 0 Å². The monoisotopic (exact) mass is 538 g/mol. The van der Waals surface area contributed by atoms with Crippen molar-refractivity contribution >= 4 is 27.7 Å². The number of aromatic nitrogens is 4. The van der Waals surface area contributed by atoms with E-state index >= 15 is 0 Å². The molecule has 2 aromatic heterocycles. The maximum atomic E-state index is 12.5. The van der Waals surface area contributed by atoms with Crippen LogP contribution in [0.5, 0.6) is 5.75 Å². The van der Waals surface area contributed by atoms with Crippen LogP contribution in [-0.4, -0.2) is 53.0 Å². The quantitative estimate of drug-likeness (QED) is 0.278. The molecule has 37 heavy (non-hydrogen) atoms. The van der Waals surface area contributed by atoms with Gasteiger partial charge >= 0.3 is 0 Å². The predicted octanol–water partition coefficient (Wildman–Crippen LogP) is 2.83. The summed E-state index contributed by atoms with van der Waals surface area (Å²) in [5.41, 5.74) is 2.52. The van der Waals surface area contributed by atoms with Crippen molar-refractivity contribution in [3.05, 3.63) is 78.6 Å². The van der Waals surface area contributed by atoms with E-state index in [1.165, 1.54) is 23.9 Å². The first-order chi connectivity index (χ1) is 17.8. The van der Waals surface area contributed by atoms with Crippen LogP contribution in [0.2, 0.25) is 0 Å². The van der Waals surface area contributed by atoms with Gasteiger partial charge in [-0.3, -0.25) is 14.3 Å². The highest BCUT2D eigenvalue weighted by molar-refractivity contribution is 7.99. The normalized spacial score (nSPS) is 11.3. The molecule has 192 valence electrons. The maximum Gasteiger partial charge on any atom is 0.238 e. The third-order valence-electron chi connectivity index (χ3n) is 5.28. The smallest absolute Gasteiger partial charge is 0.238 e. The molecule has 12 heteroatoms. The number of hydrogen-bond donors (Lipinski definition) is 2. The number of hydrogen-bond acceptors (Lipinski definition) is 8. The van der Waals surface area contributed by atoms with Crippen LogP contribution in [0.1, 0.15) is 12.5 Å². The molecule has 4 aromatic rings. The standard InChI is InChI=1S/C25H26N6O4S2/c1-2-35-21-9-7-20(8-10-21)31-24(19-4-3-14-27-16-19)29-30-25(31)36-17-23(32)28-15-13-18-5-11-22(12-6-18)37(26,33)34/h3-12,14,16H,2,13,15,17H2,1H3,(H,28,32)(H2,26,33,34). The van der Waals surface area contributed by atoms with Gasteiger partial charge in [0.25, 0.3) is 0 Å². The van der Waals surface area contributed by atoms with E-state index in [0.717, 1.165) is 22.6 Å². The van der Waals surface area contributed by atoms with Crippen LogP contribution in [0.15, 0.2) is 83.1 Å². The predicted molar refractivity (Wildman–Crippen MR) is 141 cm³/mol. The second-order valence-electron chi connectivity index (χ2n) is 7.89. The largest absolute Gasteiger partial charge is 0.494 e. The van der Waals surface area contributed by atoms with Crippen LogP contribution in [0.3, 0.4) is 0 Å². The van der Waals surface area contributed by atoms with Gasteiger partial charge in [-0.15, -0.1) is 10.2 Å². The molecule has 0 spiro atoms. The number of benzene rings is 2. The number of thioether (sulfide) groups is 1. The number of amides is 1. The Hall–Kier alpha value is -3.74. The molecule has 0 atom stereocenters. The van der Waals surface area contributed by atoms with Crippen molar-refractivity contribution < 1.29 is 17.9 Å². The van der Waals surface area contributed by atoms with Gasteiger partial charge in [-0.25, -0.2) is 13.6 Å². The van der Waals surface area contributed by atoms with E-state index < -0.39 is 10.0 Å². The van der Waals surface area contributed by atoms with Crippen molar-refractivity contribution in [2.45, 2.75) is 23.4 Å². The summed E-state index contributed by atoms with van der Waals surface area (Å²) in [6, 6.07) is 17.6. The Balaban J connectivity index is 1.42. The van der Waals surface area contributed by atoms with Crippen molar-refractivity contribution in [3.63, 3.8) is 0 Å². The molecule has 1 amide bonds. The Morgan fingerprint density at radius 3 is 2.49 bits per heavy atom. The molecule has 0 fully saturated rings. The highest BCUT2D eigenvalue weighted by Crippen LogP contribution is 2.28. The van der Waals surface area contributed by atoms with Crippen LogP contribution in [0, 0.1) is 0 Å². The minimum absolute atomic E-state index is 0.0546. The van der Waals surface area contributed by atoms with Crippen molar-refractivity contribution in [2.75, 3.05) is 18.9 Å².